The van der Waals surface area contributed by atoms with E-state index < -0.39 is 35.6 Å². The first-order valence-electron chi connectivity index (χ1n) is 14.7. The molecule has 9 nitrogen and oxygen atoms in total. The van der Waals surface area contributed by atoms with Crippen LogP contribution in [-0.4, -0.2) is 82.7 Å². The summed E-state index contributed by atoms with van der Waals surface area (Å²) in [5, 5.41) is 10.6. The molecule has 1 spiro atoms. The van der Waals surface area contributed by atoms with E-state index in [-0.39, 0.29) is 30.4 Å². The summed E-state index contributed by atoms with van der Waals surface area (Å²) in [6.07, 6.45) is 6.76. The lowest BCUT2D eigenvalue weighted by Gasteiger charge is -2.39. The number of amides is 3. The predicted octanol–water partition coefficient (Wildman–Crippen LogP) is 3.11. The van der Waals surface area contributed by atoms with Crippen LogP contribution in [0.2, 0.25) is 0 Å². The van der Waals surface area contributed by atoms with Gasteiger partial charge < -0.3 is 29.3 Å². The van der Waals surface area contributed by atoms with E-state index in [1.54, 1.807) is 9.80 Å². The number of carbonyl (C=O) groups excluding carboxylic acids is 3. The first-order valence-corrected chi connectivity index (χ1v) is 14.7. The maximum Gasteiger partial charge on any atom is 0.249 e. The predicted molar refractivity (Wildman–Crippen MR) is 157 cm³/mol. The number of aliphatic hydroxyl groups excluding tert-OH is 1. The second-order valence-corrected chi connectivity index (χ2v) is 11.5. The number of carbonyl (C=O) groups is 3. The number of nitrogens with zero attached hydrogens (tertiary/aromatic N) is 3. The Labute approximate surface area is 246 Å². The van der Waals surface area contributed by atoms with E-state index in [0.29, 0.717) is 36.7 Å². The van der Waals surface area contributed by atoms with Crippen LogP contribution in [0.15, 0.2) is 78.9 Å². The van der Waals surface area contributed by atoms with Gasteiger partial charge in [0, 0.05) is 24.8 Å². The smallest absolute Gasteiger partial charge is 0.249 e. The Morgan fingerprint density at radius 3 is 2.38 bits per heavy atom. The fourth-order valence-electron chi connectivity index (χ4n) is 7.04. The zero-order chi connectivity index (χ0) is 29.6. The normalized spacial score (nSPS) is 29.4. The summed E-state index contributed by atoms with van der Waals surface area (Å²) in [7, 11) is 0. The maximum atomic E-state index is 14.6. The molecule has 6 rings (SSSR count). The molecule has 2 aromatic carbocycles. The molecule has 2 aromatic rings. The van der Waals surface area contributed by atoms with Crippen molar-refractivity contribution in [2.24, 2.45) is 11.8 Å². The summed E-state index contributed by atoms with van der Waals surface area (Å²) in [6, 6.07) is 14.6. The lowest BCUT2D eigenvalue weighted by atomic mass is 9.77. The van der Waals surface area contributed by atoms with Crippen LogP contribution in [0.3, 0.4) is 0 Å². The van der Waals surface area contributed by atoms with E-state index >= 15 is 0 Å². The second kappa shape index (κ2) is 11.0. The zero-order valence-electron chi connectivity index (χ0n) is 24.1. The number of hydrogen-bond acceptors (Lipinski definition) is 6. The summed E-state index contributed by atoms with van der Waals surface area (Å²) in [5.74, 6) is -1.95. The van der Waals surface area contributed by atoms with Crippen LogP contribution in [0, 0.1) is 11.8 Å². The van der Waals surface area contributed by atoms with E-state index in [1.165, 1.54) is 4.90 Å². The first kappa shape index (κ1) is 28.2. The van der Waals surface area contributed by atoms with Gasteiger partial charge in [-0.15, -0.1) is 0 Å². The molecule has 0 saturated carbocycles. The fraction of sp³-hybridized carbons (Fsp3) is 0.424. The SMILES string of the molecule is CCOc1ccc(N2CC=C[C@@H]3O[C@]45C=CCN(C(C)C)C(=O)C4N([C@H](CO)c4ccccc4)C(=O)[C@@H]5[C@@H]3C2=O)cc1. The van der Waals surface area contributed by atoms with Crippen LogP contribution in [0.5, 0.6) is 5.75 Å². The van der Waals surface area contributed by atoms with Crippen LogP contribution < -0.4 is 9.64 Å². The summed E-state index contributed by atoms with van der Waals surface area (Å²) >= 11 is 0. The highest BCUT2D eigenvalue weighted by atomic mass is 16.5. The van der Waals surface area contributed by atoms with Crippen molar-refractivity contribution in [3.63, 3.8) is 0 Å². The van der Waals surface area contributed by atoms with E-state index in [0.717, 1.165) is 0 Å². The number of rotatable bonds is 7. The van der Waals surface area contributed by atoms with Gasteiger partial charge in [0.25, 0.3) is 0 Å². The van der Waals surface area contributed by atoms with Crippen LogP contribution >= 0.6 is 0 Å². The molecule has 4 aliphatic heterocycles. The first-order chi connectivity index (χ1) is 20.3. The summed E-state index contributed by atoms with van der Waals surface area (Å²) < 4.78 is 12.3. The molecule has 4 heterocycles. The number of benzene rings is 2. The number of ether oxygens (including phenoxy) is 2. The van der Waals surface area contributed by atoms with E-state index in [4.69, 9.17) is 9.47 Å². The largest absolute Gasteiger partial charge is 0.494 e. The van der Waals surface area contributed by atoms with Crippen molar-refractivity contribution in [3.8, 4) is 5.75 Å². The Kier molecular flexibility index (Phi) is 7.41. The van der Waals surface area contributed by atoms with Crippen molar-refractivity contribution in [2.75, 3.05) is 31.2 Å². The number of likely N-dealkylation sites (tertiary alicyclic amines) is 1. The van der Waals surface area contributed by atoms with E-state index in [2.05, 4.69) is 0 Å². The van der Waals surface area contributed by atoms with Gasteiger partial charge >= 0.3 is 0 Å². The van der Waals surface area contributed by atoms with Gasteiger partial charge in [0.15, 0.2) is 0 Å². The second-order valence-electron chi connectivity index (χ2n) is 11.5. The van der Waals surface area contributed by atoms with Crippen LogP contribution in [0.25, 0.3) is 0 Å². The molecule has 1 unspecified atom stereocenters. The Bertz CT molecular complexity index is 1410. The summed E-state index contributed by atoms with van der Waals surface area (Å²) in [5.41, 5.74) is 0.0294. The molecule has 0 radical (unpaired) electrons. The molecule has 6 atom stereocenters. The van der Waals surface area contributed by atoms with Crippen LogP contribution in [0.1, 0.15) is 32.4 Å². The van der Waals surface area contributed by atoms with Crippen molar-refractivity contribution < 1.29 is 29.0 Å². The summed E-state index contributed by atoms with van der Waals surface area (Å²) in [6.45, 7) is 6.62. The fourth-order valence-corrected chi connectivity index (χ4v) is 7.04. The van der Waals surface area contributed by atoms with Crippen molar-refractivity contribution in [3.05, 3.63) is 84.5 Å². The highest BCUT2D eigenvalue weighted by Gasteiger charge is 2.72. The topological polar surface area (TPSA) is 99.6 Å². The minimum Gasteiger partial charge on any atom is -0.494 e. The highest BCUT2D eigenvalue weighted by Crippen LogP contribution is 2.55. The number of aliphatic hydroxyl groups is 1. The molecule has 2 fully saturated rings. The van der Waals surface area contributed by atoms with Crippen molar-refractivity contribution >= 4 is 23.4 Å². The average molecular weight is 572 g/mol. The molecule has 4 aliphatic rings. The van der Waals surface area contributed by atoms with Gasteiger partial charge in [-0.3, -0.25) is 14.4 Å². The van der Waals surface area contributed by atoms with Gasteiger partial charge in [0.2, 0.25) is 17.7 Å². The monoisotopic (exact) mass is 571 g/mol. The Hall–Kier alpha value is -3.95. The molecule has 9 heteroatoms. The molecular formula is C33H37N3O6. The number of fused-ring (bicyclic) bond motifs is 2. The van der Waals surface area contributed by atoms with Crippen LogP contribution in [-0.2, 0) is 19.1 Å². The molecule has 1 N–H and O–H groups in total. The molecule has 2 saturated heterocycles. The maximum absolute atomic E-state index is 14.6. The third kappa shape index (κ3) is 4.34. The van der Waals surface area contributed by atoms with Crippen molar-refractivity contribution in [1.29, 1.82) is 0 Å². The van der Waals surface area contributed by atoms with Crippen molar-refractivity contribution in [2.45, 2.75) is 50.6 Å². The Morgan fingerprint density at radius 1 is 0.976 bits per heavy atom. The minimum atomic E-state index is -1.36. The van der Waals surface area contributed by atoms with Crippen LogP contribution in [0.4, 0.5) is 5.69 Å². The van der Waals surface area contributed by atoms with Gasteiger partial charge in [-0.25, -0.2) is 0 Å². The third-order valence-corrected chi connectivity index (χ3v) is 8.90. The molecule has 220 valence electrons. The van der Waals surface area contributed by atoms with Gasteiger partial charge in [-0.2, -0.15) is 0 Å². The lowest BCUT2D eigenvalue weighted by Crippen LogP contribution is -2.57. The van der Waals surface area contributed by atoms with Gasteiger partial charge in [0.05, 0.1) is 37.2 Å². The quantitative estimate of drug-likeness (QED) is 0.513. The van der Waals surface area contributed by atoms with E-state index in [1.807, 2.05) is 99.7 Å². The number of anilines is 1. The lowest BCUT2D eigenvalue weighted by molar-refractivity contribution is -0.151. The molecule has 42 heavy (non-hydrogen) atoms. The molecular weight excluding hydrogens is 534 g/mol. The minimum absolute atomic E-state index is 0.124. The molecule has 0 aliphatic carbocycles. The zero-order valence-corrected chi connectivity index (χ0v) is 24.1. The third-order valence-electron chi connectivity index (χ3n) is 8.90. The molecule has 0 bridgehead atoms. The van der Waals surface area contributed by atoms with Gasteiger partial charge in [0.1, 0.15) is 17.4 Å². The average Bonchev–Trinajstić information content (AvgIpc) is 3.30. The molecule has 3 amide bonds. The molecule has 0 aromatic heterocycles. The highest BCUT2D eigenvalue weighted by molar-refractivity contribution is 6.04. The Morgan fingerprint density at radius 2 is 1.71 bits per heavy atom. The van der Waals surface area contributed by atoms with E-state index in [9.17, 15) is 19.5 Å². The number of hydrogen-bond donors (Lipinski definition) is 1. The standard InChI is InChI=1S/C33H37N3O6/c1-4-41-24-15-13-23(14-16-24)35-18-8-12-26-27(30(35)38)28-31(39)36(25(20-37)22-10-6-5-7-11-22)29-32(40)34(21(2)3)19-9-17-33(28,29)42-26/h5-17,21,25-29,37H,4,18-20H2,1-3H3/t25-,26+,27-,28+,29?,33+/m1/s1. The van der Waals surface area contributed by atoms with Gasteiger partial charge in [-0.1, -0.05) is 54.6 Å². The van der Waals surface area contributed by atoms with Crippen molar-refractivity contribution in [1.82, 2.24) is 9.80 Å². The Balaban J connectivity index is 1.45. The summed E-state index contributed by atoms with van der Waals surface area (Å²) in [4.78, 5) is 48.3. The van der Waals surface area contributed by atoms with Gasteiger partial charge in [-0.05, 0) is 50.6 Å².